The second kappa shape index (κ2) is 4.49. The van der Waals surface area contributed by atoms with Crippen molar-refractivity contribution in [1.82, 2.24) is 5.32 Å². The van der Waals surface area contributed by atoms with Gasteiger partial charge in [-0.3, -0.25) is 0 Å². The zero-order chi connectivity index (χ0) is 8.10. The molecular weight excluding hydrogens is 142 g/mol. The normalized spacial score (nSPS) is 20.9. The molecule has 64 valence electrons. The van der Waals surface area contributed by atoms with Crippen LogP contribution >= 0.6 is 0 Å². The van der Waals surface area contributed by atoms with E-state index in [0.717, 1.165) is 12.8 Å². The quantitative estimate of drug-likeness (QED) is 0.489. The van der Waals surface area contributed by atoms with Crippen LogP contribution in [0.15, 0.2) is 12.2 Å². The summed E-state index contributed by atoms with van der Waals surface area (Å²) >= 11 is 0. The second-order valence-corrected chi connectivity index (χ2v) is 2.88. The topological polar surface area (TPSA) is 52.5 Å². The first-order chi connectivity index (χ1) is 5.33. The molecule has 3 N–H and O–H groups in total. The number of hydrogen-bond donors (Lipinski definition) is 3. The Kier molecular flexibility index (Phi) is 3.56. The zero-order valence-electron chi connectivity index (χ0n) is 6.53. The van der Waals surface area contributed by atoms with Crippen molar-refractivity contribution in [2.75, 3.05) is 13.2 Å². The standard InChI is InChI=1S/C8H15NO2/c10-6-8(11)5-9-7-3-1-2-4-7/h1-2,7-11H,3-6H2. The van der Waals surface area contributed by atoms with Crippen LogP contribution in [0.3, 0.4) is 0 Å². The number of aliphatic hydroxyl groups excluding tert-OH is 2. The Morgan fingerprint density at radius 2 is 2.09 bits per heavy atom. The average Bonchev–Trinajstić information content (AvgIpc) is 2.52. The minimum atomic E-state index is -0.615. The van der Waals surface area contributed by atoms with E-state index in [1.807, 2.05) is 0 Å². The van der Waals surface area contributed by atoms with Crippen LogP contribution in [0.25, 0.3) is 0 Å². The van der Waals surface area contributed by atoms with Crippen molar-refractivity contribution in [3.05, 3.63) is 12.2 Å². The van der Waals surface area contributed by atoms with Crippen molar-refractivity contribution in [3.8, 4) is 0 Å². The minimum absolute atomic E-state index is 0.160. The Morgan fingerprint density at radius 1 is 1.45 bits per heavy atom. The third-order valence-electron chi connectivity index (χ3n) is 1.86. The van der Waals surface area contributed by atoms with E-state index >= 15 is 0 Å². The van der Waals surface area contributed by atoms with Crippen LogP contribution < -0.4 is 5.32 Å². The molecule has 0 fully saturated rings. The van der Waals surface area contributed by atoms with Gasteiger partial charge in [0.05, 0.1) is 12.7 Å². The fraction of sp³-hybridized carbons (Fsp3) is 0.750. The van der Waals surface area contributed by atoms with Crippen molar-refractivity contribution < 1.29 is 10.2 Å². The molecule has 0 heterocycles. The Bertz CT molecular complexity index is 128. The monoisotopic (exact) mass is 157 g/mol. The van der Waals surface area contributed by atoms with Crippen molar-refractivity contribution in [1.29, 1.82) is 0 Å². The summed E-state index contributed by atoms with van der Waals surface area (Å²) in [5.74, 6) is 0. The summed E-state index contributed by atoms with van der Waals surface area (Å²) in [6.07, 6.45) is 5.72. The molecule has 11 heavy (non-hydrogen) atoms. The summed E-state index contributed by atoms with van der Waals surface area (Å²) in [7, 11) is 0. The summed E-state index contributed by atoms with van der Waals surface area (Å²) in [5.41, 5.74) is 0. The summed E-state index contributed by atoms with van der Waals surface area (Å²) < 4.78 is 0. The predicted molar refractivity (Wildman–Crippen MR) is 43.3 cm³/mol. The van der Waals surface area contributed by atoms with Gasteiger partial charge in [-0.05, 0) is 12.8 Å². The molecule has 0 saturated carbocycles. The lowest BCUT2D eigenvalue weighted by atomic mass is 10.2. The van der Waals surface area contributed by atoms with Gasteiger partial charge in [-0.1, -0.05) is 12.2 Å². The highest BCUT2D eigenvalue weighted by Crippen LogP contribution is 2.08. The van der Waals surface area contributed by atoms with E-state index in [2.05, 4.69) is 17.5 Å². The van der Waals surface area contributed by atoms with Gasteiger partial charge in [-0.15, -0.1) is 0 Å². The van der Waals surface area contributed by atoms with E-state index in [0.29, 0.717) is 12.6 Å². The van der Waals surface area contributed by atoms with Crippen LogP contribution in [0.2, 0.25) is 0 Å². The largest absolute Gasteiger partial charge is 0.394 e. The number of rotatable bonds is 4. The molecule has 0 radical (unpaired) electrons. The third kappa shape index (κ3) is 3.01. The van der Waals surface area contributed by atoms with Gasteiger partial charge >= 0.3 is 0 Å². The fourth-order valence-electron chi connectivity index (χ4n) is 1.15. The molecule has 0 aromatic heterocycles. The van der Waals surface area contributed by atoms with Crippen LogP contribution in [0, 0.1) is 0 Å². The minimum Gasteiger partial charge on any atom is -0.394 e. The van der Waals surface area contributed by atoms with Gasteiger partial charge in [0.15, 0.2) is 0 Å². The molecule has 0 aromatic carbocycles. The maximum Gasteiger partial charge on any atom is 0.0895 e. The van der Waals surface area contributed by atoms with Crippen LogP contribution in [-0.4, -0.2) is 35.5 Å². The molecule has 3 nitrogen and oxygen atoms in total. The molecule has 3 heteroatoms. The molecule has 0 aromatic rings. The lowest BCUT2D eigenvalue weighted by Gasteiger charge is -2.13. The van der Waals surface area contributed by atoms with E-state index in [4.69, 9.17) is 10.2 Å². The first-order valence-corrected chi connectivity index (χ1v) is 4.00. The van der Waals surface area contributed by atoms with Crippen LogP contribution in [-0.2, 0) is 0 Å². The Labute approximate surface area is 66.7 Å². The van der Waals surface area contributed by atoms with Crippen LogP contribution in [0.4, 0.5) is 0 Å². The van der Waals surface area contributed by atoms with E-state index in [9.17, 15) is 0 Å². The van der Waals surface area contributed by atoms with Gasteiger partial charge in [-0.25, -0.2) is 0 Å². The van der Waals surface area contributed by atoms with Crippen LogP contribution in [0.1, 0.15) is 12.8 Å². The van der Waals surface area contributed by atoms with E-state index in [1.165, 1.54) is 0 Å². The Balaban J connectivity index is 2.03. The van der Waals surface area contributed by atoms with Gasteiger partial charge in [0.1, 0.15) is 0 Å². The summed E-state index contributed by atoms with van der Waals surface area (Å²) in [6.45, 7) is 0.329. The lowest BCUT2D eigenvalue weighted by Crippen LogP contribution is -2.35. The van der Waals surface area contributed by atoms with Gasteiger partial charge < -0.3 is 15.5 Å². The molecule has 0 bridgehead atoms. The summed E-state index contributed by atoms with van der Waals surface area (Å²) in [5, 5.41) is 20.6. The number of aliphatic hydroxyl groups is 2. The number of hydrogen-bond acceptors (Lipinski definition) is 3. The molecule has 0 aliphatic heterocycles. The Hall–Kier alpha value is -0.380. The third-order valence-corrected chi connectivity index (χ3v) is 1.86. The molecule has 1 aliphatic carbocycles. The van der Waals surface area contributed by atoms with Crippen molar-refractivity contribution in [2.24, 2.45) is 0 Å². The highest BCUT2D eigenvalue weighted by molar-refractivity contribution is 4.97. The molecule has 1 atom stereocenters. The SMILES string of the molecule is OCC(O)CNC1CC=CC1. The second-order valence-electron chi connectivity index (χ2n) is 2.88. The maximum atomic E-state index is 8.99. The van der Waals surface area contributed by atoms with Gasteiger partial charge in [0.25, 0.3) is 0 Å². The maximum absolute atomic E-state index is 8.99. The lowest BCUT2D eigenvalue weighted by molar-refractivity contribution is 0.0922. The molecule has 1 aliphatic rings. The van der Waals surface area contributed by atoms with Crippen molar-refractivity contribution in [2.45, 2.75) is 25.0 Å². The molecule has 0 saturated heterocycles. The van der Waals surface area contributed by atoms with Gasteiger partial charge in [0, 0.05) is 12.6 Å². The van der Waals surface area contributed by atoms with Crippen LogP contribution in [0.5, 0.6) is 0 Å². The van der Waals surface area contributed by atoms with Crippen molar-refractivity contribution >= 4 is 0 Å². The molecular formula is C8H15NO2. The molecule has 0 spiro atoms. The molecule has 1 unspecified atom stereocenters. The fourth-order valence-corrected chi connectivity index (χ4v) is 1.15. The highest BCUT2D eigenvalue weighted by atomic mass is 16.3. The number of nitrogens with one attached hydrogen (secondary N) is 1. The Morgan fingerprint density at radius 3 is 2.64 bits per heavy atom. The van der Waals surface area contributed by atoms with E-state index in [-0.39, 0.29) is 6.61 Å². The van der Waals surface area contributed by atoms with E-state index in [1.54, 1.807) is 0 Å². The average molecular weight is 157 g/mol. The highest BCUT2D eigenvalue weighted by Gasteiger charge is 2.10. The van der Waals surface area contributed by atoms with Crippen molar-refractivity contribution in [3.63, 3.8) is 0 Å². The predicted octanol–water partition coefficient (Wildman–Crippen LogP) is -0.352. The summed E-state index contributed by atoms with van der Waals surface area (Å²) in [6, 6.07) is 0.469. The van der Waals surface area contributed by atoms with Gasteiger partial charge in [0.2, 0.25) is 0 Å². The van der Waals surface area contributed by atoms with E-state index < -0.39 is 6.10 Å². The molecule has 1 rings (SSSR count). The summed E-state index contributed by atoms with van der Waals surface area (Å²) in [4.78, 5) is 0. The first kappa shape index (κ1) is 8.71. The first-order valence-electron chi connectivity index (χ1n) is 4.00. The molecule has 0 amide bonds. The van der Waals surface area contributed by atoms with Gasteiger partial charge in [-0.2, -0.15) is 0 Å². The zero-order valence-corrected chi connectivity index (χ0v) is 6.53. The smallest absolute Gasteiger partial charge is 0.0895 e.